The van der Waals surface area contributed by atoms with Crippen LogP contribution >= 0.6 is 0 Å². The minimum atomic E-state index is -0.0867. The van der Waals surface area contributed by atoms with E-state index in [0.717, 1.165) is 44.5 Å². The Balaban J connectivity index is 1.22. The van der Waals surface area contributed by atoms with Gasteiger partial charge in [-0.15, -0.1) is 0 Å². The third kappa shape index (κ3) is 5.36. The molecule has 0 spiro atoms. The first-order valence-electron chi connectivity index (χ1n) is 11.6. The molecule has 1 amide bonds. The Labute approximate surface area is 188 Å². The van der Waals surface area contributed by atoms with Crippen LogP contribution in [0.3, 0.4) is 0 Å². The monoisotopic (exact) mass is 433 g/mol. The summed E-state index contributed by atoms with van der Waals surface area (Å²) in [5, 5.41) is 0.593. The molecule has 0 unspecified atom stereocenters. The van der Waals surface area contributed by atoms with Crippen molar-refractivity contribution >= 4 is 16.8 Å². The molecule has 0 atom stereocenters. The zero-order valence-electron chi connectivity index (χ0n) is 18.7. The number of aromatic nitrogens is 2. The minimum absolute atomic E-state index is 0.0867. The van der Waals surface area contributed by atoms with Crippen LogP contribution in [0.25, 0.3) is 10.9 Å². The fourth-order valence-electron chi connectivity index (χ4n) is 4.40. The number of nitrogens with zero attached hydrogens (tertiary/aromatic N) is 3. The lowest BCUT2D eigenvalue weighted by Gasteiger charge is -2.32. The maximum atomic E-state index is 12.7. The average molecular weight is 434 g/mol. The van der Waals surface area contributed by atoms with Crippen molar-refractivity contribution in [2.24, 2.45) is 5.92 Å². The predicted molar refractivity (Wildman–Crippen MR) is 126 cm³/mol. The molecule has 1 fully saturated rings. The van der Waals surface area contributed by atoms with E-state index in [4.69, 9.17) is 4.74 Å². The zero-order chi connectivity index (χ0) is 22.3. The van der Waals surface area contributed by atoms with Gasteiger partial charge in [0.1, 0.15) is 5.75 Å². The largest absolute Gasteiger partial charge is 0.494 e. The highest BCUT2D eigenvalue weighted by molar-refractivity contribution is 5.77. The molecule has 4 rings (SSSR count). The van der Waals surface area contributed by atoms with Gasteiger partial charge in [0.25, 0.3) is 5.56 Å². The van der Waals surface area contributed by atoms with E-state index in [9.17, 15) is 9.59 Å². The van der Waals surface area contributed by atoms with E-state index in [1.807, 2.05) is 42.2 Å². The van der Waals surface area contributed by atoms with Crippen molar-refractivity contribution in [2.75, 3.05) is 19.7 Å². The van der Waals surface area contributed by atoms with Crippen LogP contribution in [0.5, 0.6) is 5.75 Å². The van der Waals surface area contributed by atoms with Crippen LogP contribution in [0.1, 0.15) is 38.2 Å². The second-order valence-corrected chi connectivity index (χ2v) is 8.45. The van der Waals surface area contributed by atoms with E-state index < -0.39 is 0 Å². The Morgan fingerprint density at radius 1 is 1.09 bits per heavy atom. The van der Waals surface area contributed by atoms with Crippen molar-refractivity contribution in [2.45, 2.75) is 45.6 Å². The first-order chi connectivity index (χ1) is 15.6. The van der Waals surface area contributed by atoms with E-state index in [2.05, 4.69) is 17.1 Å². The van der Waals surface area contributed by atoms with Gasteiger partial charge in [-0.3, -0.25) is 14.2 Å². The lowest BCUT2D eigenvalue weighted by molar-refractivity contribution is -0.132. The van der Waals surface area contributed by atoms with Gasteiger partial charge in [-0.05, 0) is 68.4 Å². The number of rotatable bonds is 8. The van der Waals surface area contributed by atoms with Gasteiger partial charge < -0.3 is 9.64 Å². The molecular formula is C26H31N3O3. The molecule has 1 aliphatic rings. The van der Waals surface area contributed by atoms with E-state index in [1.165, 1.54) is 5.56 Å². The van der Waals surface area contributed by atoms with Crippen LogP contribution in [0.2, 0.25) is 0 Å². The maximum absolute atomic E-state index is 12.7. The molecule has 1 aliphatic heterocycles. The van der Waals surface area contributed by atoms with Crippen molar-refractivity contribution in [1.82, 2.24) is 14.5 Å². The smallest absolute Gasteiger partial charge is 0.261 e. The number of fused-ring (bicyclic) bond motifs is 1. The molecule has 32 heavy (non-hydrogen) atoms. The number of para-hydroxylation sites is 1. The fraction of sp³-hybridized carbons (Fsp3) is 0.423. The van der Waals surface area contributed by atoms with Crippen molar-refractivity contribution in [1.29, 1.82) is 0 Å². The molecule has 6 nitrogen and oxygen atoms in total. The Bertz CT molecular complexity index is 1100. The van der Waals surface area contributed by atoms with Crippen LogP contribution in [0, 0.1) is 5.92 Å². The standard InChI is InChI=1S/C26H31N3O3/c1-2-32-22-11-9-20(10-12-22)7-8-21-13-16-28(17-14-21)25(30)15-18-29-19-27-24-6-4-3-5-23(24)26(29)31/h3-6,9-12,19,21H,2,7-8,13-18H2,1H3. The molecule has 1 saturated heterocycles. The molecule has 0 radical (unpaired) electrons. The van der Waals surface area contributed by atoms with Crippen molar-refractivity contribution in [3.63, 3.8) is 0 Å². The number of piperidine rings is 1. The molecule has 168 valence electrons. The minimum Gasteiger partial charge on any atom is -0.494 e. The van der Waals surface area contributed by atoms with Gasteiger partial charge in [-0.25, -0.2) is 4.98 Å². The summed E-state index contributed by atoms with van der Waals surface area (Å²) < 4.78 is 7.05. The van der Waals surface area contributed by atoms with E-state index in [0.29, 0.717) is 36.4 Å². The zero-order valence-corrected chi connectivity index (χ0v) is 18.7. The quantitative estimate of drug-likeness (QED) is 0.537. The summed E-state index contributed by atoms with van der Waals surface area (Å²) >= 11 is 0. The maximum Gasteiger partial charge on any atom is 0.261 e. The van der Waals surface area contributed by atoms with Gasteiger partial charge in [-0.1, -0.05) is 24.3 Å². The second-order valence-electron chi connectivity index (χ2n) is 8.45. The van der Waals surface area contributed by atoms with Gasteiger partial charge in [0.05, 0.1) is 23.8 Å². The molecule has 0 saturated carbocycles. The average Bonchev–Trinajstić information content (AvgIpc) is 2.84. The summed E-state index contributed by atoms with van der Waals surface area (Å²) in [5.41, 5.74) is 1.94. The van der Waals surface area contributed by atoms with Crippen molar-refractivity contribution < 1.29 is 9.53 Å². The van der Waals surface area contributed by atoms with Gasteiger partial charge in [0.2, 0.25) is 5.91 Å². The first kappa shape index (κ1) is 22.1. The van der Waals surface area contributed by atoms with Crippen LogP contribution in [0.4, 0.5) is 0 Å². The Hall–Kier alpha value is -3.15. The Morgan fingerprint density at radius 3 is 2.59 bits per heavy atom. The summed E-state index contributed by atoms with van der Waals surface area (Å²) in [6.07, 6.45) is 6.17. The van der Waals surface area contributed by atoms with Crippen molar-refractivity contribution in [3.8, 4) is 5.75 Å². The second kappa shape index (κ2) is 10.4. The van der Waals surface area contributed by atoms with Gasteiger partial charge >= 0.3 is 0 Å². The lowest BCUT2D eigenvalue weighted by Crippen LogP contribution is -2.39. The predicted octanol–water partition coefficient (Wildman–Crippen LogP) is 4.06. The number of benzene rings is 2. The number of aryl methyl sites for hydroxylation is 2. The molecule has 2 aromatic carbocycles. The van der Waals surface area contributed by atoms with Crippen LogP contribution in [0.15, 0.2) is 59.7 Å². The number of carbonyl (C=O) groups is 1. The summed E-state index contributed by atoms with van der Waals surface area (Å²) in [4.78, 5) is 31.6. The number of carbonyl (C=O) groups excluding carboxylic acids is 1. The first-order valence-corrected chi connectivity index (χ1v) is 11.6. The number of hydrogen-bond donors (Lipinski definition) is 0. The Kier molecular flexibility index (Phi) is 7.20. The molecular weight excluding hydrogens is 402 g/mol. The fourth-order valence-corrected chi connectivity index (χ4v) is 4.40. The summed E-state index contributed by atoms with van der Waals surface area (Å²) in [7, 11) is 0. The molecule has 0 aliphatic carbocycles. The molecule has 1 aromatic heterocycles. The summed E-state index contributed by atoms with van der Waals surface area (Å²) in [6, 6.07) is 15.7. The highest BCUT2D eigenvalue weighted by Gasteiger charge is 2.22. The van der Waals surface area contributed by atoms with E-state index >= 15 is 0 Å². The van der Waals surface area contributed by atoms with Crippen LogP contribution < -0.4 is 10.3 Å². The van der Waals surface area contributed by atoms with E-state index in [1.54, 1.807) is 17.0 Å². The Morgan fingerprint density at radius 2 is 1.84 bits per heavy atom. The van der Waals surface area contributed by atoms with Gasteiger partial charge in [0.15, 0.2) is 0 Å². The number of hydrogen-bond acceptors (Lipinski definition) is 4. The molecule has 6 heteroatoms. The van der Waals surface area contributed by atoms with E-state index in [-0.39, 0.29) is 11.5 Å². The third-order valence-electron chi connectivity index (χ3n) is 6.34. The number of likely N-dealkylation sites (tertiary alicyclic amines) is 1. The number of amides is 1. The number of ether oxygens (including phenoxy) is 1. The highest BCUT2D eigenvalue weighted by atomic mass is 16.5. The SMILES string of the molecule is CCOc1ccc(CCC2CCN(C(=O)CCn3cnc4ccccc4c3=O)CC2)cc1. The third-order valence-corrected chi connectivity index (χ3v) is 6.34. The topological polar surface area (TPSA) is 64.4 Å². The lowest BCUT2D eigenvalue weighted by atomic mass is 9.90. The van der Waals surface area contributed by atoms with Gasteiger partial charge in [-0.2, -0.15) is 0 Å². The molecule has 2 heterocycles. The summed E-state index contributed by atoms with van der Waals surface area (Å²) in [5.74, 6) is 1.69. The van der Waals surface area contributed by atoms with Crippen LogP contribution in [-0.4, -0.2) is 40.1 Å². The molecule has 0 N–H and O–H groups in total. The summed E-state index contributed by atoms with van der Waals surface area (Å²) in [6.45, 7) is 4.65. The van der Waals surface area contributed by atoms with Crippen LogP contribution in [-0.2, 0) is 17.8 Å². The molecule has 0 bridgehead atoms. The molecule has 3 aromatic rings. The highest BCUT2D eigenvalue weighted by Crippen LogP contribution is 2.23. The normalized spacial score (nSPS) is 14.6. The van der Waals surface area contributed by atoms with Crippen molar-refractivity contribution in [3.05, 3.63) is 70.8 Å². The van der Waals surface area contributed by atoms with Gasteiger partial charge in [0, 0.05) is 26.1 Å².